The van der Waals surface area contributed by atoms with Gasteiger partial charge >= 0.3 is 0 Å². The third kappa shape index (κ3) is 4.44. The van der Waals surface area contributed by atoms with E-state index in [2.05, 4.69) is 37.4 Å². The van der Waals surface area contributed by atoms with Crippen LogP contribution in [0.1, 0.15) is 23.0 Å². The van der Waals surface area contributed by atoms with Gasteiger partial charge in [-0.15, -0.1) is 13.2 Å². The fraction of sp³-hybridized carbons (Fsp3) is 0.200. The molecule has 2 rings (SSSR count). The fourth-order valence-electron chi connectivity index (χ4n) is 2.32. The van der Waals surface area contributed by atoms with Crippen molar-refractivity contribution in [1.29, 1.82) is 0 Å². The van der Waals surface area contributed by atoms with E-state index in [1.807, 2.05) is 48.6 Å². The van der Waals surface area contributed by atoms with Crippen LogP contribution >= 0.6 is 0 Å². The quantitative estimate of drug-likeness (QED) is 0.621. The van der Waals surface area contributed by atoms with Crippen LogP contribution in [0, 0.1) is 0 Å². The van der Waals surface area contributed by atoms with Crippen LogP contribution in [-0.2, 0) is 4.74 Å². The minimum absolute atomic E-state index is 0.229. The fourth-order valence-corrected chi connectivity index (χ4v) is 2.32. The lowest BCUT2D eigenvalue weighted by Gasteiger charge is -2.17. The number of hydrogen-bond acceptors (Lipinski definition) is 1. The van der Waals surface area contributed by atoms with E-state index >= 15 is 0 Å². The summed E-state index contributed by atoms with van der Waals surface area (Å²) in [5, 5.41) is 0. The molecule has 1 heteroatoms. The lowest BCUT2D eigenvalue weighted by Crippen LogP contribution is -2.11. The monoisotopic (exact) mass is 278 g/mol. The minimum atomic E-state index is 0.229. The molecule has 21 heavy (non-hydrogen) atoms. The SMILES string of the molecule is C=CC(COCC(C=C)c1ccccc1)c1ccccc1. The van der Waals surface area contributed by atoms with Gasteiger partial charge in [-0.2, -0.15) is 0 Å². The van der Waals surface area contributed by atoms with E-state index in [1.165, 1.54) is 11.1 Å². The molecule has 0 heterocycles. The molecule has 1 nitrogen and oxygen atoms in total. The highest BCUT2D eigenvalue weighted by molar-refractivity contribution is 5.24. The molecule has 2 aromatic rings. The van der Waals surface area contributed by atoms with E-state index in [9.17, 15) is 0 Å². The summed E-state index contributed by atoms with van der Waals surface area (Å²) in [4.78, 5) is 0. The van der Waals surface area contributed by atoms with Crippen LogP contribution in [0.25, 0.3) is 0 Å². The van der Waals surface area contributed by atoms with E-state index in [1.54, 1.807) is 0 Å². The molecule has 2 atom stereocenters. The maximum absolute atomic E-state index is 5.91. The van der Waals surface area contributed by atoms with Crippen LogP contribution in [0.15, 0.2) is 86.0 Å². The Bertz CT molecular complexity index is 493. The first-order valence-electron chi connectivity index (χ1n) is 7.28. The Kier molecular flexibility index (Phi) is 5.99. The van der Waals surface area contributed by atoms with Crippen molar-refractivity contribution in [2.45, 2.75) is 11.8 Å². The van der Waals surface area contributed by atoms with Gasteiger partial charge in [0.2, 0.25) is 0 Å². The molecule has 0 aromatic heterocycles. The second-order valence-corrected chi connectivity index (χ2v) is 5.04. The van der Waals surface area contributed by atoms with Crippen molar-refractivity contribution in [2.24, 2.45) is 0 Å². The molecule has 0 fully saturated rings. The molecule has 2 unspecified atom stereocenters. The van der Waals surface area contributed by atoms with Crippen LogP contribution in [0.5, 0.6) is 0 Å². The van der Waals surface area contributed by atoms with Crippen molar-refractivity contribution in [3.05, 3.63) is 97.1 Å². The Morgan fingerprint density at radius 2 is 1.10 bits per heavy atom. The molecule has 0 aliphatic rings. The molecule has 0 saturated carbocycles. The van der Waals surface area contributed by atoms with Crippen molar-refractivity contribution in [3.63, 3.8) is 0 Å². The Labute approximate surface area is 127 Å². The lowest BCUT2D eigenvalue weighted by molar-refractivity contribution is 0.123. The van der Waals surface area contributed by atoms with E-state index in [4.69, 9.17) is 4.74 Å². The van der Waals surface area contributed by atoms with Gasteiger partial charge in [-0.3, -0.25) is 0 Å². The number of ether oxygens (including phenoxy) is 1. The second-order valence-electron chi connectivity index (χ2n) is 5.04. The highest BCUT2D eigenvalue weighted by Crippen LogP contribution is 2.20. The Morgan fingerprint density at radius 1 is 0.714 bits per heavy atom. The van der Waals surface area contributed by atoms with E-state index < -0.39 is 0 Å². The molecule has 108 valence electrons. The normalized spacial score (nSPS) is 13.3. The summed E-state index contributed by atoms with van der Waals surface area (Å²) in [5.41, 5.74) is 2.48. The lowest BCUT2D eigenvalue weighted by atomic mass is 9.99. The van der Waals surface area contributed by atoms with Gasteiger partial charge in [-0.25, -0.2) is 0 Å². The van der Waals surface area contributed by atoms with Gasteiger partial charge in [0.15, 0.2) is 0 Å². The molecule has 0 amide bonds. The molecule has 0 aliphatic heterocycles. The molecule has 0 saturated heterocycles. The molecular weight excluding hydrogens is 256 g/mol. The number of hydrogen-bond donors (Lipinski definition) is 0. The van der Waals surface area contributed by atoms with Crippen LogP contribution < -0.4 is 0 Å². The van der Waals surface area contributed by atoms with Gasteiger partial charge in [-0.1, -0.05) is 72.8 Å². The number of benzene rings is 2. The highest BCUT2D eigenvalue weighted by atomic mass is 16.5. The first-order valence-corrected chi connectivity index (χ1v) is 7.28. The molecule has 0 radical (unpaired) electrons. The smallest absolute Gasteiger partial charge is 0.0569 e. The Hall–Kier alpha value is -2.12. The second kappa shape index (κ2) is 8.23. The average Bonchev–Trinajstić information content (AvgIpc) is 2.57. The molecule has 2 aromatic carbocycles. The third-order valence-electron chi connectivity index (χ3n) is 3.62. The topological polar surface area (TPSA) is 9.23 Å². The molecule has 0 bridgehead atoms. The van der Waals surface area contributed by atoms with Gasteiger partial charge in [0.1, 0.15) is 0 Å². The van der Waals surface area contributed by atoms with Crippen molar-refractivity contribution >= 4 is 0 Å². The van der Waals surface area contributed by atoms with E-state index in [0.29, 0.717) is 13.2 Å². The summed E-state index contributed by atoms with van der Waals surface area (Å²) in [6.45, 7) is 9.11. The maximum atomic E-state index is 5.91. The van der Waals surface area contributed by atoms with E-state index in [0.717, 1.165) is 0 Å². The molecule has 0 aliphatic carbocycles. The van der Waals surface area contributed by atoms with Gasteiger partial charge in [0.25, 0.3) is 0 Å². The summed E-state index contributed by atoms with van der Waals surface area (Å²) in [7, 11) is 0. The first kappa shape index (κ1) is 15.3. The van der Waals surface area contributed by atoms with Gasteiger partial charge in [0, 0.05) is 11.8 Å². The molecule has 0 spiro atoms. The zero-order valence-electron chi connectivity index (χ0n) is 12.3. The van der Waals surface area contributed by atoms with Crippen LogP contribution in [0.4, 0.5) is 0 Å². The summed E-state index contributed by atoms with van der Waals surface area (Å²) in [6, 6.07) is 20.7. The Balaban J connectivity index is 1.90. The average molecular weight is 278 g/mol. The van der Waals surface area contributed by atoms with Gasteiger partial charge in [-0.05, 0) is 11.1 Å². The highest BCUT2D eigenvalue weighted by Gasteiger charge is 2.10. The predicted molar refractivity (Wildman–Crippen MR) is 89.6 cm³/mol. The maximum Gasteiger partial charge on any atom is 0.0569 e. The van der Waals surface area contributed by atoms with Crippen molar-refractivity contribution in [2.75, 3.05) is 13.2 Å². The van der Waals surface area contributed by atoms with E-state index in [-0.39, 0.29) is 11.8 Å². The van der Waals surface area contributed by atoms with Crippen molar-refractivity contribution in [1.82, 2.24) is 0 Å². The summed E-state index contributed by atoms with van der Waals surface area (Å²) < 4.78 is 5.91. The van der Waals surface area contributed by atoms with Crippen molar-refractivity contribution in [3.8, 4) is 0 Å². The number of rotatable bonds is 8. The summed E-state index contributed by atoms with van der Waals surface area (Å²) >= 11 is 0. The van der Waals surface area contributed by atoms with Crippen LogP contribution in [0.2, 0.25) is 0 Å². The zero-order valence-corrected chi connectivity index (χ0v) is 12.3. The summed E-state index contributed by atoms with van der Waals surface area (Å²) in [5.74, 6) is 0.458. The predicted octanol–water partition coefficient (Wildman–Crippen LogP) is 4.94. The van der Waals surface area contributed by atoms with Gasteiger partial charge < -0.3 is 4.74 Å². The van der Waals surface area contributed by atoms with Crippen LogP contribution in [0.3, 0.4) is 0 Å². The standard InChI is InChI=1S/C20H22O/c1-3-17(19-11-7-5-8-12-19)15-21-16-18(4-2)20-13-9-6-10-14-20/h3-14,17-18H,1-2,15-16H2. The third-order valence-corrected chi connectivity index (χ3v) is 3.62. The largest absolute Gasteiger partial charge is 0.380 e. The molecule has 0 N–H and O–H groups in total. The first-order chi connectivity index (χ1) is 10.3. The Morgan fingerprint density at radius 3 is 1.43 bits per heavy atom. The minimum Gasteiger partial charge on any atom is -0.380 e. The van der Waals surface area contributed by atoms with Crippen molar-refractivity contribution < 1.29 is 4.74 Å². The van der Waals surface area contributed by atoms with Crippen LogP contribution in [-0.4, -0.2) is 13.2 Å². The summed E-state index contributed by atoms with van der Waals surface area (Å²) in [6.07, 6.45) is 3.89. The zero-order chi connectivity index (χ0) is 14.9. The van der Waals surface area contributed by atoms with Gasteiger partial charge in [0.05, 0.1) is 13.2 Å². The molecular formula is C20H22O.